The monoisotopic (exact) mass is 260 g/mol. The van der Waals surface area contributed by atoms with E-state index in [1.165, 1.54) is 12.1 Å². The second-order valence-corrected chi connectivity index (χ2v) is 4.45. The van der Waals surface area contributed by atoms with Gasteiger partial charge in [-0.1, -0.05) is 19.9 Å². The number of hydrogen-bond acceptors (Lipinski definition) is 2. The maximum Gasteiger partial charge on any atom is 0.152 e. The summed E-state index contributed by atoms with van der Waals surface area (Å²) < 4.78 is 15.6. The van der Waals surface area contributed by atoms with Crippen molar-refractivity contribution < 1.29 is 9.18 Å². The quantitative estimate of drug-likeness (QED) is 0.791. The van der Waals surface area contributed by atoms with Crippen molar-refractivity contribution in [2.75, 3.05) is 0 Å². The van der Waals surface area contributed by atoms with Crippen molar-refractivity contribution in [1.82, 2.24) is 9.78 Å². The van der Waals surface area contributed by atoms with E-state index >= 15 is 0 Å². The highest BCUT2D eigenvalue weighted by Gasteiger charge is 2.16. The molecule has 0 bridgehead atoms. The zero-order valence-corrected chi connectivity index (χ0v) is 11.4. The Bertz CT molecular complexity index is 617. The number of aromatic nitrogens is 2. The van der Waals surface area contributed by atoms with E-state index in [0.717, 1.165) is 35.4 Å². The van der Waals surface area contributed by atoms with Crippen LogP contribution in [0.5, 0.6) is 0 Å². The van der Waals surface area contributed by atoms with E-state index in [4.69, 9.17) is 0 Å². The van der Waals surface area contributed by atoms with Gasteiger partial charge in [0.1, 0.15) is 5.82 Å². The SMILES string of the molecule is CCc1nn(C)c(CC)c1-c1ccc(C=O)c(F)c1. The molecular formula is C15H17FN2O. The van der Waals surface area contributed by atoms with Crippen LogP contribution in [-0.2, 0) is 19.9 Å². The van der Waals surface area contributed by atoms with E-state index in [-0.39, 0.29) is 5.56 Å². The summed E-state index contributed by atoms with van der Waals surface area (Å²) in [4.78, 5) is 10.7. The molecular weight excluding hydrogens is 243 g/mol. The number of halogens is 1. The number of benzene rings is 1. The molecule has 0 N–H and O–H groups in total. The second-order valence-electron chi connectivity index (χ2n) is 4.45. The molecule has 0 fully saturated rings. The van der Waals surface area contributed by atoms with Crippen LogP contribution in [0.1, 0.15) is 35.6 Å². The van der Waals surface area contributed by atoms with Crippen molar-refractivity contribution in [3.8, 4) is 11.1 Å². The molecule has 1 heterocycles. The smallest absolute Gasteiger partial charge is 0.152 e. The van der Waals surface area contributed by atoms with Crippen molar-refractivity contribution in [2.45, 2.75) is 26.7 Å². The fraction of sp³-hybridized carbons (Fsp3) is 0.333. The molecule has 0 atom stereocenters. The van der Waals surface area contributed by atoms with Gasteiger partial charge in [-0.05, 0) is 30.5 Å². The van der Waals surface area contributed by atoms with Crippen LogP contribution in [0.2, 0.25) is 0 Å². The minimum Gasteiger partial charge on any atom is -0.298 e. The molecule has 0 unspecified atom stereocenters. The number of aryl methyl sites for hydroxylation is 2. The van der Waals surface area contributed by atoms with Crippen LogP contribution in [0.3, 0.4) is 0 Å². The van der Waals surface area contributed by atoms with Crippen molar-refractivity contribution in [3.63, 3.8) is 0 Å². The molecule has 2 rings (SSSR count). The molecule has 0 radical (unpaired) electrons. The topological polar surface area (TPSA) is 34.9 Å². The van der Waals surface area contributed by atoms with Gasteiger partial charge in [-0.2, -0.15) is 5.10 Å². The third kappa shape index (κ3) is 2.30. The van der Waals surface area contributed by atoms with Crippen LogP contribution in [0.4, 0.5) is 4.39 Å². The van der Waals surface area contributed by atoms with E-state index in [1.807, 2.05) is 18.7 Å². The lowest BCUT2D eigenvalue weighted by atomic mass is 9.99. The number of aldehydes is 1. The highest BCUT2D eigenvalue weighted by atomic mass is 19.1. The van der Waals surface area contributed by atoms with Crippen LogP contribution in [0.15, 0.2) is 18.2 Å². The van der Waals surface area contributed by atoms with Crippen molar-refractivity contribution in [2.24, 2.45) is 7.05 Å². The first kappa shape index (κ1) is 13.5. The Labute approximate surface area is 112 Å². The number of carbonyl (C=O) groups excluding carboxylic acids is 1. The fourth-order valence-electron chi connectivity index (χ4n) is 2.38. The third-order valence-electron chi connectivity index (χ3n) is 3.32. The van der Waals surface area contributed by atoms with Gasteiger partial charge >= 0.3 is 0 Å². The van der Waals surface area contributed by atoms with Gasteiger partial charge < -0.3 is 0 Å². The van der Waals surface area contributed by atoms with E-state index in [2.05, 4.69) is 12.0 Å². The van der Waals surface area contributed by atoms with E-state index < -0.39 is 5.82 Å². The second kappa shape index (κ2) is 5.34. The molecule has 3 nitrogen and oxygen atoms in total. The number of nitrogens with zero attached hydrogens (tertiary/aromatic N) is 2. The summed E-state index contributed by atoms with van der Waals surface area (Å²) in [5.41, 5.74) is 3.89. The normalized spacial score (nSPS) is 10.7. The molecule has 0 aliphatic heterocycles. The Morgan fingerprint density at radius 2 is 2.05 bits per heavy atom. The first-order chi connectivity index (χ1) is 9.12. The van der Waals surface area contributed by atoms with Crippen molar-refractivity contribution in [1.29, 1.82) is 0 Å². The molecule has 0 saturated heterocycles. The third-order valence-corrected chi connectivity index (χ3v) is 3.32. The predicted molar refractivity (Wildman–Crippen MR) is 72.7 cm³/mol. The number of rotatable bonds is 4. The lowest BCUT2D eigenvalue weighted by Gasteiger charge is -2.06. The fourth-order valence-corrected chi connectivity index (χ4v) is 2.38. The van der Waals surface area contributed by atoms with Gasteiger partial charge in [-0.3, -0.25) is 9.48 Å². The Balaban J connectivity index is 2.63. The lowest BCUT2D eigenvalue weighted by Crippen LogP contribution is -1.97. The Kier molecular flexibility index (Phi) is 3.79. The van der Waals surface area contributed by atoms with Crippen LogP contribution in [0, 0.1) is 5.82 Å². The molecule has 2 aromatic rings. The summed E-state index contributed by atoms with van der Waals surface area (Å²) in [6, 6.07) is 4.71. The van der Waals surface area contributed by atoms with E-state index in [1.54, 1.807) is 6.07 Å². The maximum absolute atomic E-state index is 13.8. The molecule has 0 spiro atoms. The minimum absolute atomic E-state index is 0.0868. The molecule has 19 heavy (non-hydrogen) atoms. The Morgan fingerprint density at radius 3 is 2.58 bits per heavy atom. The summed E-state index contributed by atoms with van der Waals surface area (Å²) in [5.74, 6) is -0.486. The maximum atomic E-state index is 13.8. The zero-order chi connectivity index (χ0) is 14.0. The van der Waals surface area contributed by atoms with Gasteiger partial charge in [0.2, 0.25) is 0 Å². The molecule has 0 aliphatic carbocycles. The summed E-state index contributed by atoms with van der Waals surface area (Å²) in [6.45, 7) is 4.08. The number of hydrogen-bond donors (Lipinski definition) is 0. The average molecular weight is 260 g/mol. The predicted octanol–water partition coefficient (Wildman–Crippen LogP) is 3.16. The molecule has 1 aromatic heterocycles. The first-order valence-corrected chi connectivity index (χ1v) is 6.42. The van der Waals surface area contributed by atoms with E-state index in [9.17, 15) is 9.18 Å². The lowest BCUT2D eigenvalue weighted by molar-refractivity contribution is 0.112. The first-order valence-electron chi connectivity index (χ1n) is 6.42. The van der Waals surface area contributed by atoms with Gasteiger partial charge in [0.15, 0.2) is 6.29 Å². The van der Waals surface area contributed by atoms with Gasteiger partial charge in [-0.25, -0.2) is 4.39 Å². The molecule has 100 valence electrons. The van der Waals surface area contributed by atoms with Gasteiger partial charge in [0, 0.05) is 18.3 Å². The molecule has 0 amide bonds. The molecule has 4 heteroatoms. The molecule has 1 aromatic carbocycles. The summed E-state index contributed by atoms with van der Waals surface area (Å²) in [5, 5.41) is 4.47. The van der Waals surface area contributed by atoms with Crippen LogP contribution >= 0.6 is 0 Å². The van der Waals surface area contributed by atoms with E-state index in [0.29, 0.717) is 6.29 Å². The van der Waals surface area contributed by atoms with Gasteiger partial charge in [0.05, 0.1) is 11.3 Å². The van der Waals surface area contributed by atoms with Crippen LogP contribution in [0.25, 0.3) is 11.1 Å². The highest BCUT2D eigenvalue weighted by Crippen LogP contribution is 2.29. The van der Waals surface area contributed by atoms with Crippen molar-refractivity contribution >= 4 is 6.29 Å². The molecule has 0 aliphatic rings. The summed E-state index contributed by atoms with van der Waals surface area (Å²) in [7, 11) is 1.90. The zero-order valence-electron chi connectivity index (χ0n) is 11.4. The van der Waals surface area contributed by atoms with Crippen LogP contribution in [-0.4, -0.2) is 16.1 Å². The largest absolute Gasteiger partial charge is 0.298 e. The summed E-state index contributed by atoms with van der Waals surface area (Å²) in [6.07, 6.45) is 2.15. The van der Waals surface area contributed by atoms with Crippen LogP contribution < -0.4 is 0 Å². The van der Waals surface area contributed by atoms with Gasteiger partial charge in [0.25, 0.3) is 0 Å². The average Bonchev–Trinajstić information content (AvgIpc) is 2.74. The molecule has 0 saturated carbocycles. The highest BCUT2D eigenvalue weighted by molar-refractivity contribution is 5.78. The minimum atomic E-state index is -0.486. The standard InChI is InChI=1S/C15H17FN2O/c1-4-13-15(14(5-2)18(3)17-13)10-6-7-11(9-19)12(16)8-10/h6-9H,4-5H2,1-3H3. The Hall–Kier alpha value is -1.97. The Morgan fingerprint density at radius 1 is 1.32 bits per heavy atom. The number of carbonyl (C=O) groups is 1. The summed E-state index contributed by atoms with van der Waals surface area (Å²) >= 11 is 0. The van der Waals surface area contributed by atoms with Crippen molar-refractivity contribution in [3.05, 3.63) is 41.0 Å². The van der Waals surface area contributed by atoms with Gasteiger partial charge in [-0.15, -0.1) is 0 Å².